The highest BCUT2D eigenvalue weighted by Gasteiger charge is 2.21. The Morgan fingerprint density at radius 3 is 2.57 bits per heavy atom. The van der Waals surface area contributed by atoms with Crippen molar-refractivity contribution in [1.29, 1.82) is 0 Å². The van der Waals surface area contributed by atoms with Gasteiger partial charge in [-0.2, -0.15) is 0 Å². The van der Waals surface area contributed by atoms with Crippen LogP contribution in [0.25, 0.3) is 10.9 Å². The number of aryl methyl sites for hydroxylation is 2. The van der Waals surface area contributed by atoms with Crippen molar-refractivity contribution in [3.8, 4) is 11.5 Å². The van der Waals surface area contributed by atoms with E-state index in [0.29, 0.717) is 30.3 Å². The molecular weight excluding hydrogens is 352 g/mol. The number of carbonyl (C=O) groups excluding carboxylic acids is 1. The fourth-order valence-electron chi connectivity index (χ4n) is 3.49. The predicted molar refractivity (Wildman–Crippen MR) is 114 cm³/mol. The highest BCUT2D eigenvalue weighted by atomic mass is 16.5. The summed E-state index contributed by atoms with van der Waals surface area (Å²) in [5.74, 6) is 1.34. The molecule has 0 saturated heterocycles. The van der Waals surface area contributed by atoms with E-state index >= 15 is 0 Å². The van der Waals surface area contributed by atoms with Crippen LogP contribution in [0.3, 0.4) is 0 Å². The molecule has 0 unspecified atom stereocenters. The number of hydrogen-bond donors (Lipinski definition) is 1. The molecule has 1 amide bonds. The Morgan fingerprint density at radius 2 is 1.89 bits per heavy atom. The smallest absolute Gasteiger partial charge is 0.272 e. The number of aromatic nitrogens is 1. The van der Waals surface area contributed by atoms with Gasteiger partial charge in [0.15, 0.2) is 0 Å². The molecule has 0 saturated carbocycles. The molecule has 0 aliphatic carbocycles. The van der Waals surface area contributed by atoms with Gasteiger partial charge < -0.3 is 19.4 Å². The van der Waals surface area contributed by atoms with E-state index in [-0.39, 0.29) is 12.0 Å². The minimum Gasteiger partial charge on any atom is -0.494 e. The summed E-state index contributed by atoms with van der Waals surface area (Å²) in [4.78, 5) is 13.2. The molecule has 0 bridgehead atoms. The third-order valence-electron chi connectivity index (χ3n) is 4.63. The number of carbonyl (C=O) groups is 1. The van der Waals surface area contributed by atoms with Crippen molar-refractivity contribution in [3.63, 3.8) is 0 Å². The van der Waals surface area contributed by atoms with E-state index in [1.165, 1.54) is 0 Å². The molecule has 28 heavy (non-hydrogen) atoms. The summed E-state index contributed by atoms with van der Waals surface area (Å²) in [6, 6.07) is 13.5. The van der Waals surface area contributed by atoms with Crippen molar-refractivity contribution in [1.82, 2.24) is 4.57 Å². The zero-order valence-electron chi connectivity index (χ0n) is 17.2. The largest absolute Gasteiger partial charge is 0.494 e. The maximum Gasteiger partial charge on any atom is 0.272 e. The van der Waals surface area contributed by atoms with Crippen molar-refractivity contribution in [2.45, 2.75) is 47.3 Å². The Morgan fingerprint density at radius 1 is 1.14 bits per heavy atom. The Kier molecular flexibility index (Phi) is 5.93. The van der Waals surface area contributed by atoms with E-state index in [0.717, 1.165) is 22.2 Å². The molecule has 5 heteroatoms. The molecule has 3 aromatic rings. The molecule has 148 valence electrons. The monoisotopic (exact) mass is 380 g/mol. The van der Waals surface area contributed by atoms with Gasteiger partial charge in [-0.25, -0.2) is 0 Å². The van der Waals surface area contributed by atoms with Crippen LogP contribution in [0.15, 0.2) is 42.5 Å². The number of rotatable bonds is 7. The Hall–Kier alpha value is -2.95. The van der Waals surface area contributed by atoms with Gasteiger partial charge in [0.25, 0.3) is 5.91 Å². The summed E-state index contributed by atoms with van der Waals surface area (Å²) in [6.07, 6.45) is 0.0267. The molecule has 0 aliphatic rings. The summed E-state index contributed by atoms with van der Waals surface area (Å²) in [5.41, 5.74) is 3.30. The molecular formula is C23H28N2O3. The zero-order valence-corrected chi connectivity index (χ0v) is 17.2. The van der Waals surface area contributed by atoms with Gasteiger partial charge in [-0.3, -0.25) is 4.79 Å². The third kappa shape index (κ3) is 3.84. The van der Waals surface area contributed by atoms with E-state index < -0.39 is 0 Å². The molecule has 5 nitrogen and oxygen atoms in total. The minimum absolute atomic E-state index is 0.0267. The number of nitrogens with zero attached hydrogens (tertiary/aromatic N) is 1. The maximum absolute atomic E-state index is 13.2. The molecule has 1 heterocycles. The number of ether oxygens (including phenoxy) is 2. The van der Waals surface area contributed by atoms with Crippen LogP contribution in [0.2, 0.25) is 0 Å². The van der Waals surface area contributed by atoms with Crippen molar-refractivity contribution < 1.29 is 14.3 Å². The average Bonchev–Trinajstić information content (AvgIpc) is 2.95. The molecule has 0 spiro atoms. The van der Waals surface area contributed by atoms with Crippen molar-refractivity contribution in [3.05, 3.63) is 53.7 Å². The van der Waals surface area contributed by atoms with E-state index in [2.05, 4.69) is 5.32 Å². The second-order valence-corrected chi connectivity index (χ2v) is 6.95. The van der Waals surface area contributed by atoms with E-state index in [9.17, 15) is 4.79 Å². The van der Waals surface area contributed by atoms with Gasteiger partial charge in [-0.1, -0.05) is 12.1 Å². The van der Waals surface area contributed by atoms with Gasteiger partial charge in [0, 0.05) is 17.4 Å². The highest BCUT2D eigenvalue weighted by Crippen LogP contribution is 2.31. The lowest BCUT2D eigenvalue weighted by Crippen LogP contribution is -2.19. The molecule has 0 atom stereocenters. The average molecular weight is 380 g/mol. The molecule has 1 N–H and O–H groups in total. The number of benzene rings is 2. The molecule has 0 aliphatic heterocycles. The quantitative estimate of drug-likeness (QED) is 0.596. The minimum atomic E-state index is -0.145. The SMILES string of the molecule is CCOc1ccc2c(c1)c(C)c(C(=O)Nc1ccccc1OC(C)C)n2CC. The van der Waals surface area contributed by atoms with Crippen LogP contribution in [0.5, 0.6) is 11.5 Å². The molecule has 3 rings (SSSR count). The standard InChI is InChI=1S/C23H28N2O3/c1-6-25-20-13-12-17(27-7-2)14-18(20)16(5)22(25)23(26)24-19-10-8-9-11-21(19)28-15(3)4/h8-15H,6-7H2,1-5H3,(H,24,26). The predicted octanol–water partition coefficient (Wildman–Crippen LogP) is 5.41. The first-order chi connectivity index (χ1) is 13.5. The lowest BCUT2D eigenvalue weighted by Gasteiger charge is -2.15. The number of hydrogen-bond acceptors (Lipinski definition) is 3. The fraction of sp³-hybridized carbons (Fsp3) is 0.348. The van der Waals surface area contributed by atoms with Crippen LogP contribution < -0.4 is 14.8 Å². The van der Waals surface area contributed by atoms with E-state index in [1.807, 2.05) is 81.7 Å². The zero-order chi connectivity index (χ0) is 20.3. The number of para-hydroxylation sites is 2. The van der Waals surface area contributed by atoms with Gasteiger partial charge in [-0.15, -0.1) is 0 Å². The summed E-state index contributed by atoms with van der Waals surface area (Å²) in [6.45, 7) is 11.2. The van der Waals surface area contributed by atoms with Gasteiger partial charge in [0.2, 0.25) is 0 Å². The first kappa shape index (κ1) is 19.8. The van der Waals surface area contributed by atoms with E-state index in [1.54, 1.807) is 0 Å². The Labute approximate surface area is 166 Å². The summed E-state index contributed by atoms with van der Waals surface area (Å²) in [7, 11) is 0. The van der Waals surface area contributed by atoms with Crippen LogP contribution in [0.1, 0.15) is 43.7 Å². The molecule has 0 fully saturated rings. The molecule has 0 radical (unpaired) electrons. The van der Waals surface area contributed by atoms with Gasteiger partial charge in [0.1, 0.15) is 17.2 Å². The maximum atomic E-state index is 13.2. The summed E-state index contributed by atoms with van der Waals surface area (Å²) in [5, 5.41) is 4.06. The normalized spacial score (nSPS) is 11.1. The summed E-state index contributed by atoms with van der Waals surface area (Å²) < 4.78 is 13.5. The molecule has 1 aromatic heterocycles. The van der Waals surface area contributed by atoms with Crippen LogP contribution in [0, 0.1) is 6.92 Å². The number of amides is 1. The number of fused-ring (bicyclic) bond motifs is 1. The van der Waals surface area contributed by atoms with Crippen LogP contribution in [0.4, 0.5) is 5.69 Å². The topological polar surface area (TPSA) is 52.5 Å². The van der Waals surface area contributed by atoms with Gasteiger partial charge in [0.05, 0.1) is 18.4 Å². The van der Waals surface area contributed by atoms with E-state index in [4.69, 9.17) is 9.47 Å². The van der Waals surface area contributed by atoms with Crippen LogP contribution >= 0.6 is 0 Å². The Bertz CT molecular complexity index is 989. The third-order valence-corrected chi connectivity index (χ3v) is 4.63. The van der Waals surface area contributed by atoms with Gasteiger partial charge in [-0.05, 0) is 70.5 Å². The first-order valence-corrected chi connectivity index (χ1v) is 9.78. The summed E-state index contributed by atoms with van der Waals surface area (Å²) >= 11 is 0. The second kappa shape index (κ2) is 8.38. The van der Waals surface area contributed by atoms with Crippen LogP contribution in [-0.2, 0) is 6.54 Å². The van der Waals surface area contributed by atoms with Crippen molar-refractivity contribution >= 4 is 22.5 Å². The second-order valence-electron chi connectivity index (χ2n) is 6.95. The fourth-order valence-corrected chi connectivity index (χ4v) is 3.49. The van der Waals surface area contributed by atoms with Gasteiger partial charge >= 0.3 is 0 Å². The number of anilines is 1. The van der Waals surface area contributed by atoms with Crippen molar-refractivity contribution in [2.75, 3.05) is 11.9 Å². The van der Waals surface area contributed by atoms with Crippen molar-refractivity contribution in [2.24, 2.45) is 0 Å². The first-order valence-electron chi connectivity index (χ1n) is 9.78. The lowest BCUT2D eigenvalue weighted by atomic mass is 10.1. The number of nitrogens with one attached hydrogen (secondary N) is 1. The Balaban J connectivity index is 2.01. The highest BCUT2D eigenvalue weighted by molar-refractivity contribution is 6.09. The van der Waals surface area contributed by atoms with Crippen LogP contribution in [-0.4, -0.2) is 23.2 Å². The lowest BCUT2D eigenvalue weighted by molar-refractivity contribution is 0.101. The molecule has 2 aromatic carbocycles.